The van der Waals surface area contributed by atoms with E-state index in [0.29, 0.717) is 22.9 Å². The van der Waals surface area contributed by atoms with Crippen LogP contribution in [0.1, 0.15) is 22.0 Å². The van der Waals surface area contributed by atoms with Crippen LogP contribution in [0.5, 0.6) is 0 Å². The molecule has 0 bridgehead atoms. The number of halogens is 1. The molecule has 10 heteroatoms. The molecule has 30 heavy (non-hydrogen) atoms. The van der Waals surface area contributed by atoms with Gasteiger partial charge in [0.1, 0.15) is 5.82 Å². The number of hydrogen-bond acceptors (Lipinski definition) is 6. The zero-order valence-corrected chi connectivity index (χ0v) is 16.1. The molecule has 0 aliphatic carbocycles. The molecule has 0 radical (unpaired) electrons. The second-order valence-electron chi connectivity index (χ2n) is 6.50. The first-order chi connectivity index (χ1) is 14.4. The topological polar surface area (TPSA) is 108 Å². The Morgan fingerprint density at radius 2 is 1.77 bits per heavy atom. The Morgan fingerprint density at radius 3 is 2.47 bits per heavy atom. The van der Waals surface area contributed by atoms with E-state index < -0.39 is 17.2 Å². The van der Waals surface area contributed by atoms with E-state index in [9.17, 15) is 14.0 Å². The average Bonchev–Trinajstić information content (AvgIpc) is 3.16. The van der Waals surface area contributed by atoms with Gasteiger partial charge in [-0.3, -0.25) is 9.59 Å². The quantitative estimate of drug-likeness (QED) is 0.558. The number of tetrazole rings is 1. The van der Waals surface area contributed by atoms with Crippen molar-refractivity contribution < 1.29 is 9.18 Å². The van der Waals surface area contributed by atoms with Gasteiger partial charge < -0.3 is 5.32 Å². The number of rotatable bonds is 4. The van der Waals surface area contributed by atoms with Gasteiger partial charge in [0.2, 0.25) is 5.43 Å². The highest BCUT2D eigenvalue weighted by Crippen LogP contribution is 2.19. The van der Waals surface area contributed by atoms with Crippen molar-refractivity contribution in [2.24, 2.45) is 0 Å². The molecule has 9 nitrogen and oxygen atoms in total. The van der Waals surface area contributed by atoms with E-state index in [1.807, 2.05) is 18.2 Å². The number of carbonyl (C=O) groups is 1. The van der Waals surface area contributed by atoms with Gasteiger partial charge in [-0.25, -0.2) is 9.07 Å². The highest BCUT2D eigenvalue weighted by molar-refractivity contribution is 6.02. The van der Waals surface area contributed by atoms with Crippen LogP contribution in [0.2, 0.25) is 0 Å². The third-order valence-corrected chi connectivity index (χ3v) is 4.39. The van der Waals surface area contributed by atoms with E-state index >= 15 is 0 Å². The van der Waals surface area contributed by atoms with E-state index in [2.05, 4.69) is 25.9 Å². The number of nitrogens with one attached hydrogen (secondary N) is 1. The van der Waals surface area contributed by atoms with Gasteiger partial charge in [0.25, 0.3) is 5.91 Å². The Hall–Kier alpha value is -4.21. The van der Waals surface area contributed by atoms with Crippen molar-refractivity contribution in [3.05, 3.63) is 87.9 Å². The summed E-state index contributed by atoms with van der Waals surface area (Å²) in [6.07, 6.45) is 0. The summed E-state index contributed by atoms with van der Waals surface area (Å²) in [4.78, 5) is 25.1. The van der Waals surface area contributed by atoms with Crippen LogP contribution in [-0.4, -0.2) is 35.9 Å². The summed E-state index contributed by atoms with van der Waals surface area (Å²) in [5, 5.41) is 17.7. The van der Waals surface area contributed by atoms with Gasteiger partial charge in [0, 0.05) is 11.8 Å². The Labute approximate surface area is 169 Å². The lowest BCUT2D eigenvalue weighted by Crippen LogP contribution is -2.27. The number of benzene rings is 2. The lowest BCUT2D eigenvalue weighted by Gasteiger charge is -2.12. The van der Waals surface area contributed by atoms with Gasteiger partial charge >= 0.3 is 0 Å². The van der Waals surface area contributed by atoms with Gasteiger partial charge in [-0.15, -0.1) is 5.10 Å². The number of anilines is 1. The van der Waals surface area contributed by atoms with E-state index in [1.54, 1.807) is 26.0 Å². The molecule has 2 heterocycles. The molecular formula is C20H16FN7O2. The van der Waals surface area contributed by atoms with Crippen LogP contribution in [0.15, 0.2) is 59.4 Å². The predicted octanol–water partition coefficient (Wildman–Crippen LogP) is 2.22. The van der Waals surface area contributed by atoms with Gasteiger partial charge in [0.15, 0.2) is 11.5 Å². The van der Waals surface area contributed by atoms with Crippen LogP contribution in [0, 0.1) is 19.7 Å². The predicted molar refractivity (Wildman–Crippen MR) is 106 cm³/mol. The van der Waals surface area contributed by atoms with Gasteiger partial charge in [-0.2, -0.15) is 9.78 Å². The van der Waals surface area contributed by atoms with Gasteiger partial charge in [0.05, 0.1) is 17.1 Å². The van der Waals surface area contributed by atoms with Crippen molar-refractivity contribution in [1.29, 1.82) is 0 Å². The van der Waals surface area contributed by atoms with Crippen molar-refractivity contribution >= 4 is 11.6 Å². The van der Waals surface area contributed by atoms with E-state index in [0.717, 1.165) is 0 Å². The van der Waals surface area contributed by atoms with E-state index in [-0.39, 0.29) is 11.4 Å². The molecule has 0 unspecified atom stereocenters. The first-order valence-electron chi connectivity index (χ1n) is 8.96. The molecule has 2 aromatic heterocycles. The first kappa shape index (κ1) is 19.1. The van der Waals surface area contributed by atoms with Gasteiger partial charge in [-0.1, -0.05) is 18.2 Å². The summed E-state index contributed by atoms with van der Waals surface area (Å²) in [5.41, 5.74) is 0.655. The van der Waals surface area contributed by atoms with Crippen LogP contribution < -0.4 is 10.7 Å². The first-order valence-corrected chi connectivity index (χ1v) is 8.96. The number of hydrogen-bond donors (Lipinski definition) is 1. The molecule has 0 saturated carbocycles. The Morgan fingerprint density at radius 1 is 1.00 bits per heavy atom. The highest BCUT2D eigenvalue weighted by atomic mass is 19.1. The summed E-state index contributed by atoms with van der Waals surface area (Å²) < 4.78 is 17.2. The fourth-order valence-corrected chi connectivity index (χ4v) is 2.93. The van der Waals surface area contributed by atoms with Crippen LogP contribution in [0.25, 0.3) is 11.4 Å². The minimum absolute atomic E-state index is 0.125. The number of aromatic nitrogens is 6. The second kappa shape index (κ2) is 7.66. The number of para-hydroxylation sites is 1. The van der Waals surface area contributed by atoms with Crippen molar-refractivity contribution in [2.45, 2.75) is 13.8 Å². The Balaban J connectivity index is 1.70. The summed E-state index contributed by atoms with van der Waals surface area (Å²) >= 11 is 0. The van der Waals surface area contributed by atoms with E-state index in [1.165, 1.54) is 33.6 Å². The van der Waals surface area contributed by atoms with Crippen molar-refractivity contribution in [3.8, 4) is 11.4 Å². The standard InChI is InChI=1S/C20H16FN7O2/c1-12-10-18(29)19(24-27(12)14-6-4-3-5-7-14)20(30)22-17-11-15(8-9-16(17)21)28-13(2)23-25-26-28/h3-11H,1-2H3,(H,22,30). The smallest absolute Gasteiger partial charge is 0.280 e. The summed E-state index contributed by atoms with van der Waals surface area (Å²) in [6.45, 7) is 3.39. The number of aryl methyl sites for hydroxylation is 2. The maximum absolute atomic E-state index is 14.3. The summed E-state index contributed by atoms with van der Waals surface area (Å²) in [5.74, 6) is -1.01. The molecule has 0 aliphatic rings. The van der Waals surface area contributed by atoms with Crippen molar-refractivity contribution in [1.82, 2.24) is 30.0 Å². The molecular weight excluding hydrogens is 389 g/mol. The Bertz CT molecular complexity index is 1300. The third kappa shape index (κ3) is 3.58. The zero-order valence-electron chi connectivity index (χ0n) is 16.1. The molecule has 2 aromatic carbocycles. The van der Waals surface area contributed by atoms with Crippen molar-refractivity contribution in [2.75, 3.05) is 5.32 Å². The maximum atomic E-state index is 14.3. The van der Waals surface area contributed by atoms with Crippen LogP contribution in [0.4, 0.5) is 10.1 Å². The highest BCUT2D eigenvalue weighted by Gasteiger charge is 2.18. The number of nitrogens with zero attached hydrogens (tertiary/aromatic N) is 6. The molecule has 4 aromatic rings. The number of amides is 1. The molecule has 4 rings (SSSR count). The lowest BCUT2D eigenvalue weighted by molar-refractivity contribution is 0.101. The van der Waals surface area contributed by atoms with Crippen LogP contribution in [0.3, 0.4) is 0 Å². The van der Waals surface area contributed by atoms with Crippen LogP contribution >= 0.6 is 0 Å². The molecule has 0 atom stereocenters. The SMILES string of the molecule is Cc1cc(=O)c(C(=O)Nc2cc(-n3nnnc3C)ccc2F)nn1-c1ccccc1. The third-order valence-electron chi connectivity index (χ3n) is 4.39. The molecule has 0 fully saturated rings. The van der Waals surface area contributed by atoms with E-state index in [4.69, 9.17) is 0 Å². The fraction of sp³-hybridized carbons (Fsp3) is 0.100. The maximum Gasteiger partial charge on any atom is 0.280 e. The molecule has 150 valence electrons. The fourth-order valence-electron chi connectivity index (χ4n) is 2.93. The molecule has 1 amide bonds. The average molecular weight is 405 g/mol. The van der Waals surface area contributed by atoms with Crippen LogP contribution in [-0.2, 0) is 0 Å². The normalized spacial score (nSPS) is 10.8. The Kier molecular flexibility index (Phi) is 4.88. The molecule has 0 aliphatic heterocycles. The lowest BCUT2D eigenvalue weighted by atomic mass is 10.2. The molecule has 0 saturated heterocycles. The number of carbonyl (C=O) groups excluding carboxylic acids is 1. The molecule has 1 N–H and O–H groups in total. The second-order valence-corrected chi connectivity index (χ2v) is 6.50. The summed E-state index contributed by atoms with van der Waals surface area (Å²) in [7, 11) is 0. The minimum atomic E-state index is -0.825. The summed E-state index contributed by atoms with van der Waals surface area (Å²) in [6, 6.07) is 14.4. The monoisotopic (exact) mass is 405 g/mol. The zero-order chi connectivity index (χ0) is 21.3. The van der Waals surface area contributed by atoms with Crippen molar-refractivity contribution in [3.63, 3.8) is 0 Å². The minimum Gasteiger partial charge on any atom is -0.318 e. The molecule has 0 spiro atoms. The largest absolute Gasteiger partial charge is 0.318 e. The van der Waals surface area contributed by atoms with Gasteiger partial charge in [-0.05, 0) is 54.6 Å².